The van der Waals surface area contributed by atoms with Crippen molar-refractivity contribution in [2.75, 3.05) is 13.2 Å². The normalized spacial score (nSPS) is 21.5. The molecule has 1 rings (SSSR count). The fraction of sp³-hybridized carbons (Fsp3) is 0.333. The number of allylic oxidation sites excluding steroid dienone is 2. The van der Waals surface area contributed by atoms with Gasteiger partial charge in [0, 0.05) is 12.6 Å². The molecule has 0 saturated carbocycles. The van der Waals surface area contributed by atoms with E-state index in [1.54, 1.807) is 6.08 Å². The third kappa shape index (κ3) is 2.35. The first-order valence-electron chi connectivity index (χ1n) is 4.23. The monoisotopic (exact) mass is 196 g/mol. The average molecular weight is 196 g/mol. The van der Waals surface area contributed by atoms with Crippen LogP contribution in [0.1, 0.15) is 6.92 Å². The Labute approximate surface area is 81.9 Å². The summed E-state index contributed by atoms with van der Waals surface area (Å²) in [6, 6.07) is 0. The Hall–Kier alpha value is -1.78. The van der Waals surface area contributed by atoms with Gasteiger partial charge in [-0.1, -0.05) is 0 Å². The van der Waals surface area contributed by atoms with E-state index in [-0.39, 0.29) is 5.70 Å². The van der Waals surface area contributed by atoms with Crippen molar-refractivity contribution < 1.29 is 9.66 Å². The van der Waals surface area contributed by atoms with Gasteiger partial charge in [0.1, 0.15) is 12.4 Å². The lowest BCUT2D eigenvalue weighted by atomic mass is 10.2. The number of nitrogens with zero attached hydrogens (tertiary/aromatic N) is 1. The second-order valence-corrected chi connectivity index (χ2v) is 2.73. The molecule has 0 aromatic heterocycles. The van der Waals surface area contributed by atoms with Crippen molar-refractivity contribution in [2.24, 2.45) is 0 Å². The second-order valence-electron chi connectivity index (χ2n) is 2.73. The third-order valence-corrected chi connectivity index (χ3v) is 1.75. The zero-order chi connectivity index (χ0) is 10.6. The van der Waals surface area contributed by atoms with Crippen LogP contribution in [0.15, 0.2) is 35.9 Å². The van der Waals surface area contributed by atoms with E-state index in [0.29, 0.717) is 24.6 Å². The highest BCUT2D eigenvalue weighted by atomic mass is 16.6. The lowest BCUT2D eigenvalue weighted by molar-refractivity contribution is -0.418. The fourth-order valence-electron chi connectivity index (χ4n) is 1.09. The van der Waals surface area contributed by atoms with Gasteiger partial charge in [0.2, 0.25) is 0 Å². The second kappa shape index (κ2) is 4.45. The van der Waals surface area contributed by atoms with Gasteiger partial charge in [0.05, 0.1) is 10.6 Å². The van der Waals surface area contributed by atoms with Crippen molar-refractivity contribution in [1.29, 1.82) is 0 Å². The molecular weight excluding hydrogens is 184 g/mol. The standard InChI is InChI=1S/C9H12N2O3/c1-3-9-8(10-4-5-14-9)6-7(2)11(12)13/h3,6,10H,2,4-5H2,1H3/b8-6+,9-3+. The molecule has 0 radical (unpaired) electrons. The average Bonchev–Trinajstić information content (AvgIpc) is 2.18. The molecule has 5 heteroatoms. The minimum absolute atomic E-state index is 0.155. The van der Waals surface area contributed by atoms with E-state index in [0.717, 1.165) is 0 Å². The lowest BCUT2D eigenvalue weighted by Crippen LogP contribution is -2.27. The van der Waals surface area contributed by atoms with Crippen molar-refractivity contribution in [1.82, 2.24) is 5.32 Å². The molecule has 1 N–H and O–H groups in total. The Balaban J connectivity index is 2.83. The molecule has 0 aromatic carbocycles. The first kappa shape index (κ1) is 10.3. The number of ether oxygens (including phenoxy) is 1. The van der Waals surface area contributed by atoms with Gasteiger partial charge in [-0.05, 0) is 19.6 Å². The topological polar surface area (TPSA) is 64.4 Å². The lowest BCUT2D eigenvalue weighted by Gasteiger charge is -2.20. The summed E-state index contributed by atoms with van der Waals surface area (Å²) < 4.78 is 5.29. The summed E-state index contributed by atoms with van der Waals surface area (Å²) >= 11 is 0. The SMILES string of the molecule is C=C(/C=C1/NCCO/C1=C/C)[N+](=O)[O-]. The molecule has 0 aliphatic carbocycles. The smallest absolute Gasteiger partial charge is 0.264 e. The van der Waals surface area contributed by atoms with Crippen molar-refractivity contribution in [3.63, 3.8) is 0 Å². The molecule has 1 saturated heterocycles. The van der Waals surface area contributed by atoms with Gasteiger partial charge in [0.15, 0.2) is 0 Å². The summed E-state index contributed by atoms with van der Waals surface area (Å²) in [5.74, 6) is 0.624. The van der Waals surface area contributed by atoms with Gasteiger partial charge in [0.25, 0.3) is 5.70 Å². The van der Waals surface area contributed by atoms with Gasteiger partial charge in [-0.3, -0.25) is 10.1 Å². The van der Waals surface area contributed by atoms with Crippen LogP contribution >= 0.6 is 0 Å². The molecule has 0 bridgehead atoms. The van der Waals surface area contributed by atoms with Gasteiger partial charge in [-0.25, -0.2) is 0 Å². The number of morpholine rings is 1. The van der Waals surface area contributed by atoms with E-state index >= 15 is 0 Å². The molecule has 0 atom stereocenters. The predicted octanol–water partition coefficient (Wildman–Crippen LogP) is 1.18. The number of nitro groups is 1. The highest BCUT2D eigenvalue weighted by Gasteiger charge is 2.14. The summed E-state index contributed by atoms with van der Waals surface area (Å²) in [5.41, 5.74) is 0.456. The molecule has 1 heterocycles. The van der Waals surface area contributed by atoms with Crippen LogP contribution in [-0.4, -0.2) is 18.1 Å². The molecule has 1 fully saturated rings. The first-order valence-corrected chi connectivity index (χ1v) is 4.23. The Morgan fingerprint density at radius 3 is 3.07 bits per heavy atom. The number of nitrogens with one attached hydrogen (secondary N) is 1. The van der Waals surface area contributed by atoms with Gasteiger partial charge in [-0.2, -0.15) is 0 Å². The van der Waals surface area contributed by atoms with Crippen LogP contribution in [0, 0.1) is 10.1 Å². The molecule has 5 nitrogen and oxygen atoms in total. The Bertz CT molecular complexity index is 318. The molecule has 1 aliphatic heterocycles. The van der Waals surface area contributed by atoms with Crippen LogP contribution in [0.4, 0.5) is 0 Å². The maximum atomic E-state index is 10.3. The largest absolute Gasteiger partial charge is 0.490 e. The predicted molar refractivity (Wildman–Crippen MR) is 51.9 cm³/mol. The van der Waals surface area contributed by atoms with Crippen LogP contribution in [0.25, 0.3) is 0 Å². The van der Waals surface area contributed by atoms with Crippen molar-refractivity contribution in [3.05, 3.63) is 46.0 Å². The Morgan fingerprint density at radius 2 is 2.50 bits per heavy atom. The molecule has 0 unspecified atom stereocenters. The molecule has 14 heavy (non-hydrogen) atoms. The van der Waals surface area contributed by atoms with Crippen LogP contribution in [0.3, 0.4) is 0 Å². The Kier molecular flexibility index (Phi) is 3.28. The van der Waals surface area contributed by atoms with Crippen molar-refractivity contribution in [2.45, 2.75) is 6.92 Å². The van der Waals surface area contributed by atoms with Crippen LogP contribution in [-0.2, 0) is 4.74 Å². The summed E-state index contributed by atoms with van der Waals surface area (Å²) in [6.07, 6.45) is 3.12. The van der Waals surface area contributed by atoms with E-state index in [1.807, 2.05) is 6.92 Å². The van der Waals surface area contributed by atoms with Crippen LogP contribution in [0.2, 0.25) is 0 Å². The summed E-state index contributed by atoms with van der Waals surface area (Å²) in [4.78, 5) is 9.81. The van der Waals surface area contributed by atoms with Crippen molar-refractivity contribution in [3.8, 4) is 0 Å². The van der Waals surface area contributed by atoms with E-state index in [4.69, 9.17) is 4.74 Å². The van der Waals surface area contributed by atoms with E-state index in [1.165, 1.54) is 6.08 Å². The molecule has 76 valence electrons. The number of hydrogen-bond donors (Lipinski definition) is 1. The van der Waals surface area contributed by atoms with E-state index in [2.05, 4.69) is 11.9 Å². The van der Waals surface area contributed by atoms with Gasteiger partial charge >= 0.3 is 0 Å². The maximum Gasteiger partial charge on any atom is 0.264 e. The summed E-state index contributed by atoms with van der Waals surface area (Å²) in [7, 11) is 0. The summed E-state index contributed by atoms with van der Waals surface area (Å²) in [5, 5.41) is 13.3. The molecule has 1 aliphatic rings. The third-order valence-electron chi connectivity index (χ3n) is 1.75. The highest BCUT2D eigenvalue weighted by molar-refractivity contribution is 5.30. The zero-order valence-corrected chi connectivity index (χ0v) is 7.95. The molecular formula is C9H12N2O3. The van der Waals surface area contributed by atoms with E-state index in [9.17, 15) is 10.1 Å². The minimum Gasteiger partial charge on any atom is -0.490 e. The zero-order valence-electron chi connectivity index (χ0n) is 7.95. The van der Waals surface area contributed by atoms with Crippen LogP contribution in [0.5, 0.6) is 0 Å². The maximum absolute atomic E-state index is 10.3. The summed E-state index contributed by atoms with van der Waals surface area (Å²) in [6.45, 7) is 6.35. The van der Waals surface area contributed by atoms with Gasteiger partial charge < -0.3 is 10.1 Å². The Morgan fingerprint density at radius 1 is 1.79 bits per heavy atom. The molecule has 0 aromatic rings. The minimum atomic E-state index is -0.531. The quantitative estimate of drug-likeness (QED) is 0.532. The number of rotatable bonds is 2. The molecule has 0 spiro atoms. The van der Waals surface area contributed by atoms with Crippen molar-refractivity contribution >= 4 is 0 Å². The number of hydrogen-bond acceptors (Lipinski definition) is 4. The van der Waals surface area contributed by atoms with E-state index < -0.39 is 4.92 Å². The van der Waals surface area contributed by atoms with Crippen LogP contribution < -0.4 is 5.32 Å². The highest BCUT2D eigenvalue weighted by Crippen LogP contribution is 2.14. The van der Waals surface area contributed by atoms with Gasteiger partial charge in [-0.15, -0.1) is 0 Å². The molecule has 0 amide bonds. The first-order chi connectivity index (χ1) is 6.65. The fourth-order valence-corrected chi connectivity index (χ4v) is 1.09.